The van der Waals surface area contributed by atoms with Crippen molar-refractivity contribution < 1.29 is 27.5 Å². The first-order valence-electron chi connectivity index (χ1n) is 12.6. The van der Waals surface area contributed by atoms with E-state index in [4.69, 9.17) is 10.5 Å². The van der Waals surface area contributed by atoms with Gasteiger partial charge in [-0.15, -0.1) is 0 Å². The SMILES string of the molecule is COC(=O)[C@@H](Cc1ccc2c(N)nccc2c1F)N1CC[C@H](N(c2ccc(N3CCCC3)nc2)S(=O)[O-])C1=O. The molecule has 0 radical (unpaired) electrons. The maximum absolute atomic E-state index is 15.4. The summed E-state index contributed by atoms with van der Waals surface area (Å²) in [6.45, 7) is 1.86. The summed E-state index contributed by atoms with van der Waals surface area (Å²) in [5.41, 5.74) is 6.28. The highest BCUT2D eigenvalue weighted by atomic mass is 32.2. The lowest BCUT2D eigenvalue weighted by Gasteiger charge is -2.32. The number of nitrogens with zero attached hydrogens (tertiary/aromatic N) is 5. The van der Waals surface area contributed by atoms with Gasteiger partial charge in [-0.25, -0.2) is 19.2 Å². The Morgan fingerprint density at radius 3 is 2.64 bits per heavy atom. The number of nitrogen functional groups attached to an aromatic ring is 1. The van der Waals surface area contributed by atoms with Gasteiger partial charge in [0, 0.05) is 54.3 Å². The minimum Gasteiger partial charge on any atom is -0.755 e. The first-order chi connectivity index (χ1) is 18.8. The number of ether oxygens (including phenoxy) is 1. The van der Waals surface area contributed by atoms with Crippen molar-refractivity contribution >= 4 is 51.2 Å². The average Bonchev–Trinajstić information content (AvgIpc) is 3.60. The van der Waals surface area contributed by atoms with Crippen molar-refractivity contribution in [1.82, 2.24) is 14.9 Å². The lowest BCUT2D eigenvalue weighted by molar-refractivity contribution is -0.151. The van der Waals surface area contributed by atoms with Crippen molar-refractivity contribution in [3.05, 3.63) is 54.1 Å². The van der Waals surface area contributed by atoms with Crippen LogP contribution in [-0.4, -0.2) is 74.3 Å². The Labute approximate surface area is 227 Å². The molecule has 39 heavy (non-hydrogen) atoms. The van der Waals surface area contributed by atoms with Crippen LogP contribution < -0.4 is 14.9 Å². The zero-order valence-electron chi connectivity index (χ0n) is 21.3. The zero-order chi connectivity index (χ0) is 27.7. The summed E-state index contributed by atoms with van der Waals surface area (Å²) in [7, 11) is 1.18. The fourth-order valence-electron chi connectivity index (χ4n) is 5.33. The summed E-state index contributed by atoms with van der Waals surface area (Å²) >= 11 is -2.79. The standard InChI is InChI=1S/C26H29FN6O5S/c1-38-26(35)21(14-16-4-6-19-18(23(16)27)8-10-29-24(19)28)32-13-9-20(25(32)34)33(39(36)37)17-5-7-22(30-15-17)31-11-2-3-12-31/h4-8,10,15,20-21H,2-3,9,11-14H2,1H3,(H2,28,29)(H,36,37)/p-1/t20-,21+/m0/s1. The van der Waals surface area contributed by atoms with Crippen LogP contribution in [0.15, 0.2) is 42.7 Å². The second kappa shape index (κ2) is 11.1. The molecule has 2 aliphatic rings. The molecular formula is C26H28FN6O5S-. The van der Waals surface area contributed by atoms with Crippen LogP contribution in [0.4, 0.5) is 21.7 Å². The average molecular weight is 556 g/mol. The lowest BCUT2D eigenvalue weighted by Crippen LogP contribution is -2.49. The van der Waals surface area contributed by atoms with E-state index in [-0.39, 0.29) is 41.8 Å². The van der Waals surface area contributed by atoms with Gasteiger partial charge in [0.2, 0.25) is 5.91 Å². The summed E-state index contributed by atoms with van der Waals surface area (Å²) in [5.74, 6) is -0.969. The normalized spacial score (nSPS) is 18.9. The van der Waals surface area contributed by atoms with Gasteiger partial charge in [0.05, 0.1) is 19.0 Å². The maximum Gasteiger partial charge on any atom is 0.328 e. The molecule has 4 heterocycles. The number of carbonyl (C=O) groups excluding carboxylic acids is 2. The van der Waals surface area contributed by atoms with Crippen LogP contribution in [0, 0.1) is 5.82 Å². The van der Waals surface area contributed by atoms with Gasteiger partial charge in [0.15, 0.2) is 0 Å². The smallest absolute Gasteiger partial charge is 0.328 e. The first kappa shape index (κ1) is 26.8. The van der Waals surface area contributed by atoms with Crippen LogP contribution in [0.5, 0.6) is 0 Å². The number of esters is 1. The molecule has 2 N–H and O–H groups in total. The largest absolute Gasteiger partial charge is 0.755 e. The molecule has 5 rings (SSSR count). The molecular weight excluding hydrogens is 527 g/mol. The van der Waals surface area contributed by atoms with Crippen molar-refractivity contribution in [2.24, 2.45) is 0 Å². The zero-order valence-corrected chi connectivity index (χ0v) is 22.1. The van der Waals surface area contributed by atoms with E-state index in [2.05, 4.69) is 14.9 Å². The van der Waals surface area contributed by atoms with E-state index in [1.54, 1.807) is 18.2 Å². The molecule has 2 fully saturated rings. The van der Waals surface area contributed by atoms with Crippen molar-refractivity contribution in [1.29, 1.82) is 0 Å². The number of methoxy groups -OCH3 is 1. The minimum absolute atomic E-state index is 0.0856. The maximum atomic E-state index is 15.4. The summed E-state index contributed by atoms with van der Waals surface area (Å²) in [6.07, 6.45) is 4.94. The predicted molar refractivity (Wildman–Crippen MR) is 143 cm³/mol. The number of rotatable bonds is 8. The molecule has 2 aliphatic heterocycles. The van der Waals surface area contributed by atoms with Crippen molar-refractivity contribution in [2.75, 3.05) is 41.7 Å². The molecule has 0 saturated carbocycles. The van der Waals surface area contributed by atoms with Gasteiger partial charge in [0.1, 0.15) is 29.5 Å². The van der Waals surface area contributed by atoms with Gasteiger partial charge < -0.3 is 24.8 Å². The molecule has 3 atom stereocenters. The third-order valence-corrected chi connectivity index (χ3v) is 8.11. The Morgan fingerprint density at radius 2 is 1.97 bits per heavy atom. The van der Waals surface area contributed by atoms with Gasteiger partial charge >= 0.3 is 5.97 Å². The number of anilines is 3. The van der Waals surface area contributed by atoms with Gasteiger partial charge in [-0.05, 0) is 43.0 Å². The van der Waals surface area contributed by atoms with Crippen LogP contribution >= 0.6 is 0 Å². The number of pyridine rings is 2. The Morgan fingerprint density at radius 1 is 1.21 bits per heavy atom. The number of aromatic nitrogens is 2. The number of hydrogen-bond acceptors (Lipinski definition) is 9. The topological polar surface area (TPSA) is 145 Å². The quantitative estimate of drug-likeness (QED) is 0.326. The fourth-order valence-corrected chi connectivity index (χ4v) is 6.02. The molecule has 0 bridgehead atoms. The highest BCUT2D eigenvalue weighted by Crippen LogP contribution is 2.30. The first-order valence-corrected chi connectivity index (χ1v) is 13.6. The second-order valence-electron chi connectivity index (χ2n) is 9.52. The van der Waals surface area contributed by atoms with E-state index in [0.717, 1.165) is 36.1 Å². The third-order valence-electron chi connectivity index (χ3n) is 7.33. The number of likely N-dealkylation sites (tertiary alicyclic amines) is 1. The van der Waals surface area contributed by atoms with Crippen LogP contribution in [0.1, 0.15) is 24.8 Å². The van der Waals surface area contributed by atoms with Gasteiger partial charge in [0.25, 0.3) is 0 Å². The molecule has 206 valence electrons. The summed E-state index contributed by atoms with van der Waals surface area (Å²) in [6, 6.07) is 5.71. The molecule has 1 aromatic carbocycles. The Bertz CT molecular complexity index is 1420. The van der Waals surface area contributed by atoms with Gasteiger partial charge in [-0.3, -0.25) is 13.3 Å². The number of amides is 1. The number of fused-ring (bicyclic) bond motifs is 1. The minimum atomic E-state index is -2.79. The molecule has 1 unspecified atom stereocenters. The van der Waals surface area contributed by atoms with Crippen LogP contribution in [-0.2, 0) is 32.0 Å². The molecule has 2 saturated heterocycles. The van der Waals surface area contributed by atoms with Crippen LogP contribution in [0.3, 0.4) is 0 Å². The molecule has 2 aromatic heterocycles. The number of benzene rings is 1. The van der Waals surface area contributed by atoms with Gasteiger partial charge in [-0.2, -0.15) is 0 Å². The van der Waals surface area contributed by atoms with Crippen LogP contribution in [0.2, 0.25) is 0 Å². The molecule has 13 heteroatoms. The van der Waals surface area contributed by atoms with E-state index >= 15 is 4.39 Å². The summed E-state index contributed by atoms with van der Waals surface area (Å²) < 4.78 is 45.9. The van der Waals surface area contributed by atoms with E-state index in [1.165, 1.54) is 36.5 Å². The van der Waals surface area contributed by atoms with E-state index in [1.807, 2.05) is 0 Å². The van der Waals surface area contributed by atoms with Crippen molar-refractivity contribution in [3.8, 4) is 0 Å². The van der Waals surface area contributed by atoms with Crippen LogP contribution in [0.25, 0.3) is 10.8 Å². The lowest BCUT2D eigenvalue weighted by atomic mass is 10.0. The Kier molecular flexibility index (Phi) is 7.62. The summed E-state index contributed by atoms with van der Waals surface area (Å²) in [5, 5.41) is 0.677. The van der Waals surface area contributed by atoms with Gasteiger partial charge in [-0.1, -0.05) is 12.1 Å². The number of hydrogen-bond donors (Lipinski definition) is 1. The second-order valence-corrected chi connectivity index (χ2v) is 10.3. The molecule has 3 aromatic rings. The number of nitrogens with two attached hydrogens (primary N) is 1. The monoisotopic (exact) mass is 555 g/mol. The highest BCUT2D eigenvalue weighted by Gasteiger charge is 2.43. The molecule has 0 spiro atoms. The van der Waals surface area contributed by atoms with E-state index in [0.29, 0.717) is 5.39 Å². The fraction of sp³-hybridized carbons (Fsp3) is 0.385. The Hall–Kier alpha value is -3.84. The summed E-state index contributed by atoms with van der Waals surface area (Å²) in [4.78, 5) is 38.1. The molecule has 11 nitrogen and oxygen atoms in total. The Balaban J connectivity index is 1.40. The number of halogens is 1. The highest BCUT2D eigenvalue weighted by molar-refractivity contribution is 7.80. The number of carbonyl (C=O) groups is 2. The predicted octanol–water partition coefficient (Wildman–Crippen LogP) is 1.94. The molecule has 1 amide bonds. The van der Waals surface area contributed by atoms with Crippen molar-refractivity contribution in [3.63, 3.8) is 0 Å². The van der Waals surface area contributed by atoms with E-state index < -0.39 is 41.0 Å². The van der Waals surface area contributed by atoms with Crippen molar-refractivity contribution in [2.45, 2.75) is 37.8 Å². The third kappa shape index (κ3) is 5.11. The van der Waals surface area contributed by atoms with E-state index in [9.17, 15) is 18.4 Å². The molecule has 0 aliphatic carbocycles.